The average molecular weight is 342 g/mol. The first-order chi connectivity index (χ1) is 10.7. The number of aryl methyl sites for hydroxylation is 1. The van der Waals surface area contributed by atoms with Crippen molar-refractivity contribution in [1.29, 1.82) is 0 Å². The molecule has 0 radical (unpaired) electrons. The summed E-state index contributed by atoms with van der Waals surface area (Å²) in [6.45, 7) is 1.92. The van der Waals surface area contributed by atoms with Gasteiger partial charge in [0.25, 0.3) is 0 Å². The minimum Gasteiger partial charge on any atom is -0.494 e. The Morgan fingerprint density at radius 2 is 2.13 bits per heavy atom. The van der Waals surface area contributed by atoms with Crippen LogP contribution in [0.5, 0.6) is 5.75 Å². The Morgan fingerprint density at radius 3 is 2.91 bits per heavy atom. The lowest BCUT2D eigenvalue weighted by Gasteiger charge is -2.17. The highest BCUT2D eigenvalue weighted by Crippen LogP contribution is 2.26. The first-order valence-electron chi connectivity index (χ1n) is 7.66. The number of ether oxygens (including phenoxy) is 1. The minimum absolute atomic E-state index is 0. The van der Waals surface area contributed by atoms with Gasteiger partial charge in [0.05, 0.1) is 6.61 Å². The first kappa shape index (κ1) is 19.3. The minimum atomic E-state index is 0. The van der Waals surface area contributed by atoms with E-state index in [0.29, 0.717) is 32.4 Å². The molecule has 1 aliphatic rings. The van der Waals surface area contributed by atoms with Gasteiger partial charge >= 0.3 is 0 Å². The van der Waals surface area contributed by atoms with Gasteiger partial charge < -0.3 is 20.7 Å². The third kappa shape index (κ3) is 6.46. The number of anilines is 1. The third-order valence-electron chi connectivity index (χ3n) is 3.49. The summed E-state index contributed by atoms with van der Waals surface area (Å²) in [7, 11) is 1.85. The van der Waals surface area contributed by atoms with Crippen molar-refractivity contribution in [3.8, 4) is 5.75 Å². The molecule has 1 heterocycles. The maximum absolute atomic E-state index is 11.5. The number of rotatable bonds is 8. The molecule has 7 heteroatoms. The number of likely N-dealkylation sites (N-methyl/N-ethyl adjacent to an activating group) is 1. The van der Waals surface area contributed by atoms with Crippen LogP contribution >= 0.6 is 12.4 Å². The van der Waals surface area contributed by atoms with Gasteiger partial charge in [0, 0.05) is 31.6 Å². The van der Waals surface area contributed by atoms with Crippen molar-refractivity contribution in [3.63, 3.8) is 0 Å². The highest BCUT2D eigenvalue weighted by atomic mass is 35.5. The second-order valence-electron chi connectivity index (χ2n) is 5.27. The number of nitrogens with one attached hydrogen (secondary N) is 3. The number of fused-ring (bicyclic) bond motifs is 1. The van der Waals surface area contributed by atoms with E-state index in [1.54, 1.807) is 0 Å². The number of halogens is 1. The Hall–Kier alpha value is -1.79. The van der Waals surface area contributed by atoms with E-state index in [9.17, 15) is 9.59 Å². The number of carbonyl (C=O) groups excluding carboxylic acids is 2. The van der Waals surface area contributed by atoms with Crippen LogP contribution in [-0.2, 0) is 16.0 Å². The van der Waals surface area contributed by atoms with E-state index >= 15 is 0 Å². The molecule has 6 nitrogen and oxygen atoms in total. The van der Waals surface area contributed by atoms with Crippen LogP contribution in [0, 0.1) is 0 Å². The lowest BCUT2D eigenvalue weighted by Crippen LogP contribution is -2.30. The topological polar surface area (TPSA) is 79.5 Å². The van der Waals surface area contributed by atoms with E-state index in [2.05, 4.69) is 16.0 Å². The summed E-state index contributed by atoms with van der Waals surface area (Å²) in [6.07, 6.45) is 2.40. The van der Waals surface area contributed by atoms with Crippen LogP contribution in [0.4, 0.5) is 5.69 Å². The Bertz CT molecular complexity index is 537. The zero-order chi connectivity index (χ0) is 15.8. The van der Waals surface area contributed by atoms with Crippen molar-refractivity contribution < 1.29 is 14.3 Å². The summed E-state index contributed by atoms with van der Waals surface area (Å²) in [5.41, 5.74) is 1.97. The molecular weight excluding hydrogens is 318 g/mol. The summed E-state index contributed by atoms with van der Waals surface area (Å²) in [6, 6.07) is 5.67. The van der Waals surface area contributed by atoms with E-state index in [4.69, 9.17) is 4.74 Å². The molecular formula is C16H24ClN3O3. The predicted octanol–water partition coefficient (Wildman–Crippen LogP) is 1.49. The number of hydrogen-bond acceptors (Lipinski definition) is 4. The van der Waals surface area contributed by atoms with Crippen molar-refractivity contribution >= 4 is 29.9 Å². The van der Waals surface area contributed by atoms with Gasteiger partial charge in [0.15, 0.2) is 0 Å². The summed E-state index contributed by atoms with van der Waals surface area (Å²) in [5, 5.41) is 8.65. The van der Waals surface area contributed by atoms with Crippen molar-refractivity contribution in [1.82, 2.24) is 10.6 Å². The van der Waals surface area contributed by atoms with Crippen molar-refractivity contribution in [2.75, 3.05) is 32.1 Å². The first-order valence-corrected chi connectivity index (χ1v) is 7.66. The maximum Gasteiger partial charge on any atom is 0.224 e. The molecule has 1 aromatic carbocycles. The fourth-order valence-electron chi connectivity index (χ4n) is 2.29. The molecule has 0 aromatic heterocycles. The highest BCUT2D eigenvalue weighted by Gasteiger charge is 2.14. The summed E-state index contributed by atoms with van der Waals surface area (Å²) in [4.78, 5) is 22.8. The summed E-state index contributed by atoms with van der Waals surface area (Å²) in [5.74, 6) is 0.892. The number of amides is 2. The lowest BCUT2D eigenvalue weighted by atomic mass is 10.0. The van der Waals surface area contributed by atoms with Gasteiger partial charge in [-0.05, 0) is 43.7 Å². The standard InChI is InChI=1S/C16H23N3O3.ClH/c1-17-8-9-18-15(20)3-2-10-22-13-5-6-14-12(11-13)4-7-16(21)19-14;/h5-6,11,17H,2-4,7-10H2,1H3,(H,18,20)(H,19,21);1H. The van der Waals surface area contributed by atoms with Crippen LogP contribution in [-0.4, -0.2) is 38.6 Å². The zero-order valence-corrected chi connectivity index (χ0v) is 14.1. The smallest absolute Gasteiger partial charge is 0.224 e. The highest BCUT2D eigenvalue weighted by molar-refractivity contribution is 5.94. The van der Waals surface area contributed by atoms with Crippen LogP contribution in [0.2, 0.25) is 0 Å². The summed E-state index contributed by atoms with van der Waals surface area (Å²) >= 11 is 0. The summed E-state index contributed by atoms with van der Waals surface area (Å²) < 4.78 is 5.67. The lowest BCUT2D eigenvalue weighted by molar-refractivity contribution is -0.121. The van der Waals surface area contributed by atoms with Crippen molar-refractivity contribution in [3.05, 3.63) is 23.8 Å². The third-order valence-corrected chi connectivity index (χ3v) is 3.49. The molecule has 0 saturated heterocycles. The molecule has 1 aromatic rings. The SMILES string of the molecule is CNCCNC(=O)CCCOc1ccc2c(c1)CCC(=O)N2.Cl. The largest absolute Gasteiger partial charge is 0.494 e. The van der Waals surface area contributed by atoms with Crippen molar-refractivity contribution in [2.45, 2.75) is 25.7 Å². The van der Waals surface area contributed by atoms with Gasteiger partial charge in [-0.3, -0.25) is 9.59 Å². The molecule has 0 bridgehead atoms. The molecule has 0 atom stereocenters. The number of benzene rings is 1. The Morgan fingerprint density at radius 1 is 1.30 bits per heavy atom. The van der Waals surface area contributed by atoms with Gasteiger partial charge in [-0.25, -0.2) is 0 Å². The van der Waals surface area contributed by atoms with Gasteiger partial charge in [-0.1, -0.05) is 0 Å². The normalized spacial score (nSPS) is 12.7. The van der Waals surface area contributed by atoms with Gasteiger partial charge in [0.1, 0.15) is 5.75 Å². The van der Waals surface area contributed by atoms with E-state index < -0.39 is 0 Å². The average Bonchev–Trinajstić information content (AvgIpc) is 2.52. The molecule has 1 aliphatic heterocycles. The number of hydrogen-bond donors (Lipinski definition) is 3. The molecule has 23 heavy (non-hydrogen) atoms. The Kier molecular flexibility index (Phi) is 8.43. The van der Waals surface area contributed by atoms with Crippen molar-refractivity contribution in [2.24, 2.45) is 0 Å². The molecule has 128 valence electrons. The second-order valence-corrected chi connectivity index (χ2v) is 5.27. The quantitative estimate of drug-likeness (QED) is 0.626. The zero-order valence-electron chi connectivity index (χ0n) is 13.3. The number of carbonyl (C=O) groups is 2. The van der Waals surface area contributed by atoms with Gasteiger partial charge in [-0.15, -0.1) is 12.4 Å². The van der Waals surface area contributed by atoms with Gasteiger partial charge in [0.2, 0.25) is 11.8 Å². The van der Waals surface area contributed by atoms with Gasteiger partial charge in [-0.2, -0.15) is 0 Å². The Balaban J connectivity index is 0.00000264. The molecule has 2 amide bonds. The van der Waals surface area contributed by atoms with Crippen LogP contribution in [0.15, 0.2) is 18.2 Å². The second kappa shape index (κ2) is 10.1. The molecule has 0 aliphatic carbocycles. The van der Waals surface area contributed by atoms with E-state index in [1.807, 2.05) is 25.2 Å². The van der Waals surface area contributed by atoms with Crippen LogP contribution in [0.25, 0.3) is 0 Å². The van der Waals surface area contributed by atoms with Crippen LogP contribution in [0.3, 0.4) is 0 Å². The van der Waals surface area contributed by atoms with E-state index in [0.717, 1.165) is 30.0 Å². The fraction of sp³-hybridized carbons (Fsp3) is 0.500. The van der Waals surface area contributed by atoms with Crippen LogP contribution in [0.1, 0.15) is 24.8 Å². The van der Waals surface area contributed by atoms with E-state index in [1.165, 1.54) is 0 Å². The maximum atomic E-state index is 11.5. The predicted molar refractivity (Wildman–Crippen MR) is 92.3 cm³/mol. The molecule has 0 saturated carbocycles. The molecule has 0 spiro atoms. The molecule has 3 N–H and O–H groups in total. The molecule has 0 fully saturated rings. The fourth-order valence-corrected chi connectivity index (χ4v) is 2.29. The molecule has 2 rings (SSSR count). The Labute approximate surface area is 142 Å². The monoisotopic (exact) mass is 341 g/mol. The van der Waals surface area contributed by atoms with E-state index in [-0.39, 0.29) is 24.2 Å². The van der Waals surface area contributed by atoms with Crippen LogP contribution < -0.4 is 20.7 Å². The molecule has 0 unspecified atom stereocenters.